The van der Waals surface area contributed by atoms with Crippen LogP contribution in [0.5, 0.6) is 11.6 Å². The van der Waals surface area contributed by atoms with Crippen LogP contribution in [0.2, 0.25) is 15.1 Å². The van der Waals surface area contributed by atoms with Gasteiger partial charge in [0.1, 0.15) is 12.4 Å². The van der Waals surface area contributed by atoms with Crippen LogP contribution in [0.1, 0.15) is 6.92 Å². The van der Waals surface area contributed by atoms with E-state index in [9.17, 15) is 0 Å². The Balaban J connectivity index is 1.45. The van der Waals surface area contributed by atoms with Crippen molar-refractivity contribution >= 4 is 34.8 Å². The van der Waals surface area contributed by atoms with Crippen molar-refractivity contribution in [2.24, 2.45) is 0 Å². The molecule has 7 heteroatoms. The highest BCUT2D eigenvalue weighted by atomic mass is 35.5. The van der Waals surface area contributed by atoms with Crippen LogP contribution in [-0.2, 0) is 6.54 Å². The van der Waals surface area contributed by atoms with Gasteiger partial charge in [-0.3, -0.25) is 0 Å². The summed E-state index contributed by atoms with van der Waals surface area (Å²) in [6, 6.07) is 23.1. The molecular weight excluding hydrogens is 467 g/mol. The molecule has 32 heavy (non-hydrogen) atoms. The van der Waals surface area contributed by atoms with Crippen LogP contribution in [0.3, 0.4) is 0 Å². The van der Waals surface area contributed by atoms with Gasteiger partial charge in [0.2, 0.25) is 5.88 Å². The van der Waals surface area contributed by atoms with Gasteiger partial charge in [-0.15, -0.1) is 0 Å². The van der Waals surface area contributed by atoms with Crippen molar-refractivity contribution in [1.82, 2.24) is 9.78 Å². The lowest BCUT2D eigenvalue weighted by Crippen LogP contribution is -2.11. The zero-order valence-corrected chi connectivity index (χ0v) is 19.7. The van der Waals surface area contributed by atoms with Crippen molar-refractivity contribution < 1.29 is 9.47 Å². The molecule has 0 atom stereocenters. The summed E-state index contributed by atoms with van der Waals surface area (Å²) in [6.45, 7) is 3.42. The molecule has 0 aliphatic rings. The molecule has 4 rings (SSSR count). The summed E-state index contributed by atoms with van der Waals surface area (Å²) in [6.07, 6.45) is 0. The van der Waals surface area contributed by atoms with E-state index in [1.165, 1.54) is 0 Å². The molecule has 0 saturated carbocycles. The van der Waals surface area contributed by atoms with Gasteiger partial charge < -0.3 is 9.47 Å². The molecule has 0 unspecified atom stereocenters. The molecule has 1 aromatic heterocycles. The summed E-state index contributed by atoms with van der Waals surface area (Å²) < 4.78 is 13.5. The second kappa shape index (κ2) is 10.3. The van der Waals surface area contributed by atoms with Gasteiger partial charge in [0.05, 0.1) is 33.9 Å². The molecule has 0 fully saturated rings. The molecule has 0 aliphatic heterocycles. The van der Waals surface area contributed by atoms with E-state index < -0.39 is 0 Å². The molecule has 0 saturated heterocycles. The van der Waals surface area contributed by atoms with E-state index in [1.54, 1.807) is 6.07 Å². The molecule has 0 bridgehead atoms. The SMILES string of the molecule is CCOc1cc(-c2ccccc2)nn1CCOc1ccc(-c2ccc(Cl)c(Cl)c2)cc1Cl. The minimum absolute atomic E-state index is 0.391. The van der Waals surface area contributed by atoms with E-state index in [4.69, 9.17) is 44.3 Å². The van der Waals surface area contributed by atoms with E-state index in [0.29, 0.717) is 46.5 Å². The minimum atomic E-state index is 0.391. The molecule has 0 N–H and O–H groups in total. The average Bonchev–Trinajstić information content (AvgIpc) is 3.20. The molecule has 0 radical (unpaired) electrons. The Morgan fingerprint density at radius 3 is 2.16 bits per heavy atom. The molecule has 0 amide bonds. The van der Waals surface area contributed by atoms with Crippen LogP contribution in [0, 0.1) is 0 Å². The Morgan fingerprint density at radius 2 is 1.47 bits per heavy atom. The molecule has 164 valence electrons. The highest BCUT2D eigenvalue weighted by molar-refractivity contribution is 6.42. The highest BCUT2D eigenvalue weighted by Gasteiger charge is 2.12. The van der Waals surface area contributed by atoms with Crippen LogP contribution in [0.25, 0.3) is 22.4 Å². The number of hydrogen-bond acceptors (Lipinski definition) is 3. The fourth-order valence-corrected chi connectivity index (χ4v) is 3.82. The number of hydrogen-bond donors (Lipinski definition) is 0. The smallest absolute Gasteiger partial charge is 0.212 e. The van der Waals surface area contributed by atoms with Crippen LogP contribution in [-0.4, -0.2) is 23.0 Å². The van der Waals surface area contributed by atoms with Crippen molar-refractivity contribution in [3.8, 4) is 34.0 Å². The fraction of sp³-hybridized carbons (Fsp3) is 0.160. The lowest BCUT2D eigenvalue weighted by atomic mass is 10.1. The summed E-state index contributed by atoms with van der Waals surface area (Å²) in [7, 11) is 0. The predicted octanol–water partition coefficient (Wildman–Crippen LogP) is 7.66. The Labute approximate surface area is 202 Å². The van der Waals surface area contributed by atoms with E-state index in [2.05, 4.69) is 5.10 Å². The number of aromatic nitrogens is 2. The molecular formula is C25H21Cl3N2O2. The Morgan fingerprint density at radius 1 is 0.750 bits per heavy atom. The summed E-state index contributed by atoms with van der Waals surface area (Å²) in [5.41, 5.74) is 3.76. The van der Waals surface area contributed by atoms with Crippen molar-refractivity contribution in [3.63, 3.8) is 0 Å². The minimum Gasteiger partial charge on any atom is -0.490 e. The standard InChI is InChI=1S/C25H21Cl3N2O2/c1-2-31-25-16-23(17-6-4-3-5-7-17)29-30(25)12-13-32-24-11-9-19(15-22(24)28)18-8-10-20(26)21(27)14-18/h3-11,14-16H,2,12-13H2,1H3. The second-order valence-corrected chi connectivity index (χ2v) is 8.23. The molecule has 4 nitrogen and oxygen atoms in total. The first-order chi connectivity index (χ1) is 15.5. The molecule has 4 aromatic rings. The monoisotopic (exact) mass is 486 g/mol. The van der Waals surface area contributed by atoms with E-state index in [1.807, 2.05) is 78.3 Å². The zero-order chi connectivity index (χ0) is 22.5. The maximum Gasteiger partial charge on any atom is 0.212 e. The Kier molecular flexibility index (Phi) is 7.26. The normalized spacial score (nSPS) is 10.9. The number of ether oxygens (including phenoxy) is 2. The van der Waals surface area contributed by atoms with Crippen molar-refractivity contribution in [2.75, 3.05) is 13.2 Å². The largest absolute Gasteiger partial charge is 0.490 e. The van der Waals surface area contributed by atoms with Gasteiger partial charge in [0, 0.05) is 11.6 Å². The first kappa shape index (κ1) is 22.5. The van der Waals surface area contributed by atoms with Gasteiger partial charge in [-0.2, -0.15) is 5.10 Å². The molecule has 0 aliphatic carbocycles. The number of rotatable bonds is 8. The number of nitrogens with zero attached hydrogens (tertiary/aromatic N) is 2. The third-order valence-electron chi connectivity index (χ3n) is 4.85. The van der Waals surface area contributed by atoms with Crippen molar-refractivity contribution in [2.45, 2.75) is 13.5 Å². The number of halogens is 3. The van der Waals surface area contributed by atoms with E-state index in [0.717, 1.165) is 22.4 Å². The number of benzene rings is 3. The van der Waals surface area contributed by atoms with Gasteiger partial charge in [-0.25, -0.2) is 4.68 Å². The first-order valence-corrected chi connectivity index (χ1v) is 11.3. The lowest BCUT2D eigenvalue weighted by Gasteiger charge is -2.12. The van der Waals surface area contributed by atoms with E-state index >= 15 is 0 Å². The average molecular weight is 488 g/mol. The maximum atomic E-state index is 6.47. The zero-order valence-electron chi connectivity index (χ0n) is 17.4. The van der Waals surface area contributed by atoms with Crippen LogP contribution in [0.15, 0.2) is 72.8 Å². The molecule has 3 aromatic carbocycles. The summed E-state index contributed by atoms with van der Waals surface area (Å²) in [5, 5.41) is 6.21. The van der Waals surface area contributed by atoms with Crippen molar-refractivity contribution in [3.05, 3.63) is 87.9 Å². The highest BCUT2D eigenvalue weighted by Crippen LogP contribution is 2.33. The van der Waals surface area contributed by atoms with Gasteiger partial charge in [-0.1, -0.05) is 77.3 Å². The summed E-state index contributed by atoms with van der Waals surface area (Å²) in [5.74, 6) is 1.31. The third-order valence-corrected chi connectivity index (χ3v) is 5.88. The van der Waals surface area contributed by atoms with Crippen molar-refractivity contribution in [1.29, 1.82) is 0 Å². The molecule has 0 spiro atoms. The fourth-order valence-electron chi connectivity index (χ4n) is 3.29. The van der Waals surface area contributed by atoms with Gasteiger partial charge in [0.25, 0.3) is 0 Å². The summed E-state index contributed by atoms with van der Waals surface area (Å²) in [4.78, 5) is 0. The van der Waals surface area contributed by atoms with Crippen LogP contribution < -0.4 is 9.47 Å². The third kappa shape index (κ3) is 5.21. The molecule has 1 heterocycles. The van der Waals surface area contributed by atoms with Gasteiger partial charge >= 0.3 is 0 Å². The maximum absolute atomic E-state index is 6.47. The Bertz CT molecular complexity index is 1210. The second-order valence-electron chi connectivity index (χ2n) is 7.01. The topological polar surface area (TPSA) is 36.3 Å². The van der Waals surface area contributed by atoms with Gasteiger partial charge in [0.15, 0.2) is 0 Å². The van der Waals surface area contributed by atoms with Gasteiger partial charge in [-0.05, 0) is 42.3 Å². The first-order valence-electron chi connectivity index (χ1n) is 10.2. The summed E-state index contributed by atoms with van der Waals surface area (Å²) >= 11 is 18.6. The van der Waals surface area contributed by atoms with Crippen LogP contribution in [0.4, 0.5) is 0 Å². The predicted molar refractivity (Wildman–Crippen MR) is 131 cm³/mol. The quantitative estimate of drug-likeness (QED) is 0.256. The van der Waals surface area contributed by atoms with Crippen LogP contribution >= 0.6 is 34.8 Å². The lowest BCUT2D eigenvalue weighted by molar-refractivity contribution is 0.260. The Hall–Kier alpha value is -2.66. The van der Waals surface area contributed by atoms with E-state index in [-0.39, 0.29) is 0 Å².